The molecule has 124 valence electrons. The molecule has 1 aliphatic heterocycles. The van der Waals surface area contributed by atoms with Crippen molar-refractivity contribution in [1.82, 2.24) is 24.4 Å². The van der Waals surface area contributed by atoms with Crippen molar-refractivity contribution in [1.29, 1.82) is 0 Å². The Hall–Kier alpha value is -3.09. The van der Waals surface area contributed by atoms with Crippen molar-refractivity contribution in [3.8, 4) is 22.4 Å². The van der Waals surface area contributed by atoms with Crippen LogP contribution in [0.4, 0.5) is 8.78 Å². The van der Waals surface area contributed by atoms with E-state index >= 15 is 0 Å². The number of hydrogen-bond donors (Lipinski definition) is 0. The summed E-state index contributed by atoms with van der Waals surface area (Å²) in [4.78, 5) is 4.16. The minimum Gasteiger partial charge on any atom is -0.268 e. The van der Waals surface area contributed by atoms with Gasteiger partial charge in [-0.1, -0.05) is 0 Å². The predicted molar refractivity (Wildman–Crippen MR) is 87.9 cm³/mol. The van der Waals surface area contributed by atoms with Gasteiger partial charge in [-0.15, -0.1) is 0 Å². The summed E-state index contributed by atoms with van der Waals surface area (Å²) in [6.07, 6.45) is 5.32. The number of fused-ring (bicyclic) bond motifs is 2. The Morgan fingerprint density at radius 1 is 1.00 bits per heavy atom. The molecule has 25 heavy (non-hydrogen) atoms. The molecule has 4 aromatic rings. The molecular weight excluding hydrogens is 324 g/mol. The molecule has 0 aliphatic carbocycles. The van der Waals surface area contributed by atoms with Gasteiger partial charge in [-0.25, -0.2) is 18.3 Å². The third kappa shape index (κ3) is 2.15. The lowest BCUT2D eigenvalue weighted by Crippen LogP contribution is -1.94. The van der Waals surface area contributed by atoms with Crippen LogP contribution in [-0.4, -0.2) is 24.4 Å². The Labute approximate surface area is 141 Å². The van der Waals surface area contributed by atoms with E-state index in [4.69, 9.17) is 0 Å². The maximum Gasteiger partial charge on any atom is 0.159 e. The van der Waals surface area contributed by atoms with E-state index < -0.39 is 11.6 Å². The third-order valence-electron chi connectivity index (χ3n) is 4.60. The molecule has 0 bridgehead atoms. The normalized spacial score (nSPS) is 13.5. The molecule has 0 saturated carbocycles. The second kappa shape index (κ2) is 5.20. The van der Waals surface area contributed by atoms with Gasteiger partial charge in [0.05, 0.1) is 0 Å². The van der Waals surface area contributed by atoms with Gasteiger partial charge < -0.3 is 0 Å². The number of aromatic nitrogens is 5. The summed E-state index contributed by atoms with van der Waals surface area (Å²) in [5.74, 6) is -1.73. The average Bonchev–Trinajstić information content (AvgIpc) is 3.31. The van der Waals surface area contributed by atoms with E-state index in [-0.39, 0.29) is 0 Å². The Morgan fingerprint density at radius 3 is 2.76 bits per heavy atom. The molecule has 0 amide bonds. The van der Waals surface area contributed by atoms with Crippen molar-refractivity contribution in [2.24, 2.45) is 0 Å². The lowest BCUT2D eigenvalue weighted by atomic mass is 9.99. The first-order valence-electron chi connectivity index (χ1n) is 8.05. The van der Waals surface area contributed by atoms with Gasteiger partial charge in [0.15, 0.2) is 17.3 Å². The zero-order valence-electron chi connectivity index (χ0n) is 13.2. The van der Waals surface area contributed by atoms with Crippen LogP contribution < -0.4 is 0 Å². The van der Waals surface area contributed by atoms with Crippen LogP contribution in [0.15, 0.2) is 42.9 Å². The largest absolute Gasteiger partial charge is 0.268 e. The van der Waals surface area contributed by atoms with Gasteiger partial charge in [0.2, 0.25) is 0 Å². The van der Waals surface area contributed by atoms with E-state index in [2.05, 4.69) is 15.2 Å². The van der Waals surface area contributed by atoms with E-state index in [1.165, 1.54) is 12.4 Å². The number of benzene rings is 1. The minimum atomic E-state index is -0.872. The first kappa shape index (κ1) is 14.3. The molecule has 7 heteroatoms. The number of halogens is 2. The molecule has 4 heterocycles. The molecule has 5 nitrogen and oxygen atoms in total. The van der Waals surface area contributed by atoms with Crippen molar-refractivity contribution in [2.75, 3.05) is 0 Å². The lowest BCUT2D eigenvalue weighted by molar-refractivity contribution is 0.509. The van der Waals surface area contributed by atoms with Gasteiger partial charge in [-0.3, -0.25) is 4.68 Å². The third-order valence-corrected chi connectivity index (χ3v) is 4.60. The van der Waals surface area contributed by atoms with Crippen LogP contribution in [-0.2, 0) is 13.0 Å². The van der Waals surface area contributed by atoms with Crippen molar-refractivity contribution in [3.05, 3.63) is 60.2 Å². The highest BCUT2D eigenvalue weighted by Gasteiger charge is 2.24. The zero-order chi connectivity index (χ0) is 17.0. The molecule has 0 N–H and O–H groups in total. The Kier molecular flexibility index (Phi) is 2.97. The van der Waals surface area contributed by atoms with Crippen LogP contribution in [0, 0.1) is 11.6 Å². The van der Waals surface area contributed by atoms with Gasteiger partial charge in [-0.2, -0.15) is 10.2 Å². The van der Waals surface area contributed by atoms with Crippen LogP contribution in [0.3, 0.4) is 0 Å². The molecule has 5 rings (SSSR count). The van der Waals surface area contributed by atoms with Gasteiger partial charge in [0, 0.05) is 35.1 Å². The van der Waals surface area contributed by atoms with E-state index in [1.54, 1.807) is 10.6 Å². The summed E-state index contributed by atoms with van der Waals surface area (Å²) in [5.41, 5.74) is 4.96. The molecule has 0 fully saturated rings. The highest BCUT2D eigenvalue weighted by atomic mass is 19.2. The highest BCUT2D eigenvalue weighted by molar-refractivity contribution is 5.83. The summed E-state index contributed by atoms with van der Waals surface area (Å²) < 4.78 is 30.7. The summed E-state index contributed by atoms with van der Waals surface area (Å²) in [6.45, 7) is 0.831. The monoisotopic (exact) mass is 337 g/mol. The summed E-state index contributed by atoms with van der Waals surface area (Å²) in [7, 11) is 0. The maximum absolute atomic E-state index is 13.7. The average molecular weight is 337 g/mol. The van der Waals surface area contributed by atoms with Gasteiger partial charge in [0.25, 0.3) is 0 Å². The highest BCUT2D eigenvalue weighted by Crippen LogP contribution is 2.37. The minimum absolute atomic E-state index is 0.564. The molecule has 3 aromatic heterocycles. The molecule has 1 aliphatic rings. The maximum atomic E-state index is 13.7. The lowest BCUT2D eigenvalue weighted by Gasteiger charge is -2.06. The van der Waals surface area contributed by atoms with Crippen LogP contribution >= 0.6 is 0 Å². The summed E-state index contributed by atoms with van der Waals surface area (Å²) in [6, 6.07) is 7.75. The smallest absolute Gasteiger partial charge is 0.159 e. The van der Waals surface area contributed by atoms with Gasteiger partial charge in [-0.05, 0) is 43.2 Å². The van der Waals surface area contributed by atoms with E-state index in [9.17, 15) is 8.78 Å². The standard InChI is InChI=1S/C18H13F2N5/c19-13-5-3-11(8-14(13)20)18-17(15-2-1-7-24(15)23-18)12-4-6-16-21-10-22-25(16)9-12/h3-6,8-10H,1-2,7H2. The zero-order valence-corrected chi connectivity index (χ0v) is 13.2. The fraction of sp³-hybridized carbons (Fsp3) is 0.167. The molecule has 0 unspecified atom stereocenters. The fourth-order valence-corrected chi connectivity index (χ4v) is 3.45. The summed E-state index contributed by atoms with van der Waals surface area (Å²) in [5, 5.41) is 8.84. The van der Waals surface area contributed by atoms with Crippen molar-refractivity contribution in [2.45, 2.75) is 19.4 Å². The van der Waals surface area contributed by atoms with E-state index in [0.29, 0.717) is 11.3 Å². The van der Waals surface area contributed by atoms with Crippen LogP contribution in [0.1, 0.15) is 12.1 Å². The SMILES string of the molecule is Fc1ccc(-c2nn3c(c2-c2ccc4ncnn4c2)CCC3)cc1F. The molecule has 0 spiro atoms. The summed E-state index contributed by atoms with van der Waals surface area (Å²) >= 11 is 0. The number of aryl methyl sites for hydroxylation is 1. The molecule has 0 saturated heterocycles. The quantitative estimate of drug-likeness (QED) is 0.563. The van der Waals surface area contributed by atoms with Crippen LogP contribution in [0.25, 0.3) is 28.0 Å². The molecule has 0 atom stereocenters. The first-order chi connectivity index (χ1) is 12.2. The number of rotatable bonds is 2. The van der Waals surface area contributed by atoms with Crippen LogP contribution in [0.2, 0.25) is 0 Å². The Bertz CT molecular complexity index is 1110. The van der Waals surface area contributed by atoms with E-state index in [1.807, 2.05) is 23.0 Å². The second-order valence-corrected chi connectivity index (χ2v) is 6.11. The molecule has 0 radical (unpaired) electrons. The molecule has 1 aromatic carbocycles. The number of nitrogens with zero attached hydrogens (tertiary/aromatic N) is 5. The van der Waals surface area contributed by atoms with Crippen molar-refractivity contribution in [3.63, 3.8) is 0 Å². The fourth-order valence-electron chi connectivity index (χ4n) is 3.45. The Balaban J connectivity index is 1.76. The first-order valence-corrected chi connectivity index (χ1v) is 8.05. The van der Waals surface area contributed by atoms with Crippen molar-refractivity contribution >= 4 is 5.65 Å². The van der Waals surface area contributed by atoms with Crippen molar-refractivity contribution < 1.29 is 8.78 Å². The number of hydrogen-bond acceptors (Lipinski definition) is 3. The topological polar surface area (TPSA) is 48.0 Å². The molecular formula is C18H13F2N5. The second-order valence-electron chi connectivity index (χ2n) is 6.11. The Morgan fingerprint density at radius 2 is 1.88 bits per heavy atom. The number of pyridine rings is 1. The van der Waals surface area contributed by atoms with Gasteiger partial charge >= 0.3 is 0 Å². The van der Waals surface area contributed by atoms with E-state index in [0.717, 1.165) is 47.9 Å². The van der Waals surface area contributed by atoms with Gasteiger partial charge in [0.1, 0.15) is 12.0 Å². The predicted octanol–water partition coefficient (Wildman–Crippen LogP) is 3.48. The van der Waals surface area contributed by atoms with Crippen LogP contribution in [0.5, 0.6) is 0 Å².